The van der Waals surface area contributed by atoms with Gasteiger partial charge in [0.2, 0.25) is 5.82 Å². The predicted octanol–water partition coefficient (Wildman–Crippen LogP) is 4.21. The molecule has 36 heavy (non-hydrogen) atoms. The summed E-state index contributed by atoms with van der Waals surface area (Å²) in [7, 11) is 1.28. The third-order valence-electron chi connectivity index (χ3n) is 6.47. The number of carbonyl (C=O) groups is 1. The van der Waals surface area contributed by atoms with Gasteiger partial charge in [-0.2, -0.15) is 4.39 Å². The number of benzene rings is 2. The van der Waals surface area contributed by atoms with Gasteiger partial charge in [-0.05, 0) is 55.2 Å². The molecule has 8 nitrogen and oxygen atoms in total. The number of ether oxygens (including phenoxy) is 1. The van der Waals surface area contributed by atoms with Gasteiger partial charge in [0.25, 0.3) is 5.91 Å². The SMILES string of the molecule is CCc1cc(Nc2nccn3c(-c4ccc(OC)c(F)c4F)cnc23)ccc1C(=O)N[C@H]1C[C@@H](N)C1. The molecule has 2 heterocycles. The molecule has 5 rings (SSSR count). The molecule has 4 N–H and O–H groups in total. The number of aromatic nitrogens is 3. The number of imidazole rings is 1. The topological polar surface area (TPSA) is 107 Å². The second kappa shape index (κ2) is 9.54. The Morgan fingerprint density at radius 2 is 2.00 bits per heavy atom. The molecule has 0 aliphatic heterocycles. The van der Waals surface area contributed by atoms with Gasteiger partial charge in [0, 0.05) is 41.3 Å². The number of methoxy groups -OCH3 is 1. The van der Waals surface area contributed by atoms with Gasteiger partial charge < -0.3 is 21.1 Å². The molecular formula is C26H26F2N6O2. The van der Waals surface area contributed by atoms with Crippen molar-refractivity contribution in [3.63, 3.8) is 0 Å². The van der Waals surface area contributed by atoms with Crippen LogP contribution in [0.3, 0.4) is 0 Å². The lowest BCUT2D eigenvalue weighted by Crippen LogP contribution is -2.50. The standard InChI is InChI=1S/C26H26F2N6O2/c1-3-14-10-16(4-5-18(14)26(35)33-17-11-15(29)12-17)32-24-25-31-13-20(34(25)9-8-30-24)19-6-7-21(36-2)23(28)22(19)27/h4-10,13,15,17H,3,11-12,29H2,1-2H3,(H,30,32)(H,33,35)/t15-,17+. The fourth-order valence-electron chi connectivity index (χ4n) is 4.46. The highest BCUT2D eigenvalue weighted by Crippen LogP contribution is 2.31. The molecule has 0 saturated heterocycles. The number of rotatable bonds is 7. The average Bonchev–Trinajstić information content (AvgIpc) is 3.29. The monoisotopic (exact) mass is 492 g/mol. The molecule has 10 heteroatoms. The van der Waals surface area contributed by atoms with Crippen LogP contribution >= 0.6 is 0 Å². The summed E-state index contributed by atoms with van der Waals surface area (Å²) in [6.45, 7) is 1.98. The Kier molecular flexibility index (Phi) is 6.27. The second-order valence-electron chi connectivity index (χ2n) is 8.81. The van der Waals surface area contributed by atoms with E-state index < -0.39 is 11.6 Å². The molecule has 0 radical (unpaired) electrons. The quantitative estimate of drug-likeness (QED) is 0.357. The molecule has 0 bridgehead atoms. The first kappa shape index (κ1) is 23.7. The second-order valence-corrected chi connectivity index (χ2v) is 8.81. The van der Waals surface area contributed by atoms with E-state index in [0.29, 0.717) is 29.1 Å². The Hall–Kier alpha value is -4.05. The molecule has 1 aliphatic carbocycles. The maximum atomic E-state index is 14.7. The number of halogens is 2. The number of nitrogens with two attached hydrogens (primary N) is 1. The zero-order chi connectivity index (χ0) is 25.4. The Labute approximate surface area is 206 Å². The Morgan fingerprint density at radius 1 is 1.19 bits per heavy atom. The van der Waals surface area contributed by atoms with Crippen LogP contribution in [0.5, 0.6) is 5.75 Å². The van der Waals surface area contributed by atoms with E-state index in [1.807, 2.05) is 13.0 Å². The molecule has 2 aromatic heterocycles. The Morgan fingerprint density at radius 3 is 2.72 bits per heavy atom. The minimum atomic E-state index is -1.06. The number of carbonyl (C=O) groups excluding carboxylic acids is 1. The van der Waals surface area contributed by atoms with Crippen molar-refractivity contribution in [1.82, 2.24) is 19.7 Å². The first-order valence-corrected chi connectivity index (χ1v) is 11.7. The molecular weight excluding hydrogens is 466 g/mol. The highest BCUT2D eigenvalue weighted by Gasteiger charge is 2.28. The molecule has 0 spiro atoms. The molecule has 1 aliphatic rings. The van der Waals surface area contributed by atoms with Crippen LogP contribution in [0.4, 0.5) is 20.3 Å². The normalized spacial score (nSPS) is 17.0. The summed E-state index contributed by atoms with van der Waals surface area (Å²) in [5, 5.41) is 6.27. The number of aryl methyl sites for hydroxylation is 1. The fourth-order valence-corrected chi connectivity index (χ4v) is 4.46. The molecule has 1 saturated carbocycles. The number of nitrogens with zero attached hydrogens (tertiary/aromatic N) is 3. The van der Waals surface area contributed by atoms with Crippen LogP contribution in [0, 0.1) is 11.6 Å². The van der Waals surface area contributed by atoms with Crippen LogP contribution in [0.15, 0.2) is 48.9 Å². The van der Waals surface area contributed by atoms with Gasteiger partial charge in [0.15, 0.2) is 23.0 Å². The Balaban J connectivity index is 1.43. The number of amides is 1. The number of hydrogen-bond donors (Lipinski definition) is 3. The van der Waals surface area contributed by atoms with Gasteiger partial charge in [-0.25, -0.2) is 14.4 Å². The summed E-state index contributed by atoms with van der Waals surface area (Å²) in [6, 6.07) is 8.58. The summed E-state index contributed by atoms with van der Waals surface area (Å²) in [5.74, 6) is -1.93. The Bertz CT molecular complexity index is 1450. The summed E-state index contributed by atoms with van der Waals surface area (Å²) in [4.78, 5) is 21.5. The van der Waals surface area contributed by atoms with Gasteiger partial charge in [-0.15, -0.1) is 0 Å². The van der Waals surface area contributed by atoms with Crippen LogP contribution in [-0.2, 0) is 6.42 Å². The van der Waals surface area contributed by atoms with Crippen molar-refractivity contribution in [3.8, 4) is 17.0 Å². The first-order valence-electron chi connectivity index (χ1n) is 11.7. The first-order chi connectivity index (χ1) is 17.4. The van der Waals surface area contributed by atoms with Crippen LogP contribution in [0.25, 0.3) is 16.9 Å². The summed E-state index contributed by atoms with van der Waals surface area (Å²) < 4.78 is 35.5. The lowest BCUT2D eigenvalue weighted by Gasteiger charge is -2.33. The van der Waals surface area contributed by atoms with E-state index in [4.69, 9.17) is 10.5 Å². The lowest BCUT2D eigenvalue weighted by atomic mass is 9.87. The van der Waals surface area contributed by atoms with Crippen molar-refractivity contribution in [2.75, 3.05) is 12.4 Å². The molecule has 4 aromatic rings. The van der Waals surface area contributed by atoms with Crippen LogP contribution < -0.4 is 21.1 Å². The largest absolute Gasteiger partial charge is 0.494 e. The van der Waals surface area contributed by atoms with Crippen LogP contribution in [-0.4, -0.2) is 39.5 Å². The van der Waals surface area contributed by atoms with Crippen molar-refractivity contribution >= 4 is 23.1 Å². The molecule has 2 aromatic carbocycles. The molecule has 0 atom stereocenters. The third-order valence-corrected chi connectivity index (χ3v) is 6.47. The van der Waals surface area contributed by atoms with E-state index in [-0.39, 0.29) is 29.3 Å². The number of fused-ring (bicyclic) bond motifs is 1. The van der Waals surface area contributed by atoms with Crippen LogP contribution in [0.2, 0.25) is 0 Å². The van der Waals surface area contributed by atoms with Gasteiger partial charge in [0.1, 0.15) is 0 Å². The number of nitrogens with one attached hydrogen (secondary N) is 2. The zero-order valence-corrected chi connectivity index (χ0v) is 19.9. The highest BCUT2D eigenvalue weighted by atomic mass is 19.2. The third kappa shape index (κ3) is 4.24. The highest BCUT2D eigenvalue weighted by molar-refractivity contribution is 5.96. The fraction of sp³-hybridized carbons (Fsp3) is 0.269. The van der Waals surface area contributed by atoms with E-state index in [1.54, 1.807) is 28.9 Å². The van der Waals surface area contributed by atoms with Crippen molar-refractivity contribution < 1.29 is 18.3 Å². The van der Waals surface area contributed by atoms with E-state index in [2.05, 4.69) is 20.6 Å². The van der Waals surface area contributed by atoms with E-state index in [9.17, 15) is 13.6 Å². The lowest BCUT2D eigenvalue weighted by molar-refractivity contribution is 0.0909. The molecule has 186 valence electrons. The van der Waals surface area contributed by atoms with Gasteiger partial charge in [0.05, 0.1) is 19.0 Å². The van der Waals surface area contributed by atoms with Crippen molar-refractivity contribution in [1.29, 1.82) is 0 Å². The van der Waals surface area contributed by atoms with Gasteiger partial charge >= 0.3 is 0 Å². The molecule has 0 unspecified atom stereocenters. The summed E-state index contributed by atoms with van der Waals surface area (Å²) in [5.41, 5.74) is 8.90. The predicted molar refractivity (Wildman–Crippen MR) is 132 cm³/mol. The maximum Gasteiger partial charge on any atom is 0.251 e. The average molecular weight is 493 g/mol. The minimum Gasteiger partial charge on any atom is -0.494 e. The van der Waals surface area contributed by atoms with Crippen molar-refractivity contribution in [3.05, 3.63) is 71.7 Å². The minimum absolute atomic E-state index is 0.0500. The van der Waals surface area contributed by atoms with Gasteiger partial charge in [-0.3, -0.25) is 9.20 Å². The van der Waals surface area contributed by atoms with Crippen LogP contribution in [0.1, 0.15) is 35.7 Å². The zero-order valence-electron chi connectivity index (χ0n) is 19.9. The van der Waals surface area contributed by atoms with Gasteiger partial charge in [-0.1, -0.05) is 6.92 Å². The number of hydrogen-bond acceptors (Lipinski definition) is 6. The molecule has 1 amide bonds. The van der Waals surface area contributed by atoms with E-state index >= 15 is 0 Å². The smallest absolute Gasteiger partial charge is 0.251 e. The van der Waals surface area contributed by atoms with E-state index in [1.165, 1.54) is 25.4 Å². The van der Waals surface area contributed by atoms with Crippen molar-refractivity contribution in [2.45, 2.75) is 38.3 Å². The van der Waals surface area contributed by atoms with E-state index in [0.717, 1.165) is 24.1 Å². The summed E-state index contributed by atoms with van der Waals surface area (Å²) >= 11 is 0. The summed E-state index contributed by atoms with van der Waals surface area (Å²) in [6.07, 6.45) is 6.88. The molecule has 1 fully saturated rings. The maximum absolute atomic E-state index is 14.7. The number of anilines is 2. The van der Waals surface area contributed by atoms with Crippen molar-refractivity contribution in [2.24, 2.45) is 5.73 Å².